The minimum absolute atomic E-state index is 0. The molecular formula is C14H20ClN3O2. The summed E-state index contributed by atoms with van der Waals surface area (Å²) in [6.45, 7) is 1.61. The van der Waals surface area contributed by atoms with Crippen LogP contribution < -0.4 is 15.4 Å². The Morgan fingerprint density at radius 3 is 2.40 bits per heavy atom. The van der Waals surface area contributed by atoms with Crippen molar-refractivity contribution in [3.05, 3.63) is 24.3 Å². The Morgan fingerprint density at radius 2 is 1.85 bits per heavy atom. The molecule has 0 aromatic heterocycles. The first kappa shape index (κ1) is 14.9. The van der Waals surface area contributed by atoms with E-state index in [1.54, 1.807) is 7.11 Å². The number of carbonyl (C=O) groups excluding carboxylic acids is 1. The number of anilines is 1. The Kier molecular flexibility index (Phi) is 4.73. The van der Waals surface area contributed by atoms with Crippen LogP contribution in [0.4, 0.5) is 10.5 Å². The normalized spacial score (nSPS) is 23.9. The number of nitrogens with zero attached hydrogens (tertiary/aromatic N) is 1. The third-order valence-electron chi connectivity index (χ3n) is 3.85. The van der Waals surface area contributed by atoms with Crippen LogP contribution in [0.25, 0.3) is 0 Å². The summed E-state index contributed by atoms with van der Waals surface area (Å²) in [5.74, 6) is 0.790. The summed E-state index contributed by atoms with van der Waals surface area (Å²) >= 11 is 0. The van der Waals surface area contributed by atoms with Gasteiger partial charge < -0.3 is 20.3 Å². The minimum Gasteiger partial charge on any atom is -0.497 e. The number of halogens is 1. The predicted octanol–water partition coefficient (Wildman–Crippen LogP) is 2.09. The zero-order chi connectivity index (χ0) is 13.2. The lowest BCUT2D eigenvalue weighted by atomic mass is 10.2. The van der Waals surface area contributed by atoms with Crippen molar-refractivity contribution >= 4 is 24.1 Å². The van der Waals surface area contributed by atoms with E-state index in [9.17, 15) is 4.79 Å². The van der Waals surface area contributed by atoms with Crippen molar-refractivity contribution in [1.29, 1.82) is 0 Å². The van der Waals surface area contributed by atoms with Crippen LogP contribution >= 0.6 is 12.4 Å². The number of rotatable bonds is 2. The lowest BCUT2D eigenvalue weighted by Crippen LogP contribution is -2.54. The van der Waals surface area contributed by atoms with Crippen LogP contribution in [-0.4, -0.2) is 43.2 Å². The molecular weight excluding hydrogens is 278 g/mol. The molecule has 5 nitrogen and oxygen atoms in total. The van der Waals surface area contributed by atoms with Crippen LogP contribution in [0.2, 0.25) is 0 Å². The van der Waals surface area contributed by atoms with E-state index < -0.39 is 0 Å². The summed E-state index contributed by atoms with van der Waals surface area (Å²) < 4.78 is 5.10. The molecule has 2 aliphatic rings. The van der Waals surface area contributed by atoms with Crippen molar-refractivity contribution in [3.8, 4) is 5.75 Å². The van der Waals surface area contributed by atoms with E-state index >= 15 is 0 Å². The molecule has 2 atom stereocenters. The number of hydrogen-bond donors (Lipinski definition) is 2. The van der Waals surface area contributed by atoms with Gasteiger partial charge in [0.2, 0.25) is 0 Å². The van der Waals surface area contributed by atoms with Crippen LogP contribution in [0.1, 0.15) is 12.8 Å². The highest BCUT2D eigenvalue weighted by Gasteiger charge is 2.34. The number of fused-ring (bicyclic) bond motifs is 2. The molecule has 2 fully saturated rings. The molecule has 0 radical (unpaired) electrons. The second-order valence-corrected chi connectivity index (χ2v) is 5.20. The van der Waals surface area contributed by atoms with Gasteiger partial charge in [0.15, 0.2) is 0 Å². The Bertz CT molecular complexity index is 454. The first-order valence-corrected chi connectivity index (χ1v) is 6.70. The summed E-state index contributed by atoms with van der Waals surface area (Å²) in [5.41, 5.74) is 0.802. The molecule has 0 saturated carbocycles. The van der Waals surface area contributed by atoms with Crippen molar-refractivity contribution in [2.24, 2.45) is 0 Å². The van der Waals surface area contributed by atoms with Crippen molar-refractivity contribution in [1.82, 2.24) is 10.2 Å². The number of hydrogen-bond acceptors (Lipinski definition) is 3. The third kappa shape index (κ3) is 3.16. The molecule has 2 N–H and O–H groups in total. The van der Waals surface area contributed by atoms with E-state index in [2.05, 4.69) is 10.6 Å². The molecule has 2 aliphatic heterocycles. The number of likely N-dealkylation sites (tertiary alicyclic amines) is 1. The van der Waals surface area contributed by atoms with Gasteiger partial charge in [-0.25, -0.2) is 4.79 Å². The standard InChI is InChI=1S/C14H19N3O2.ClH/c1-19-13-6-4-10(5-7-13)16-14(18)17-8-11-2-3-12(9-17)15-11;/h4-7,11-12,15H,2-3,8-9H2,1H3,(H,16,18);1H/t11-,12+;. The average molecular weight is 298 g/mol. The average Bonchev–Trinajstić information content (AvgIpc) is 2.78. The summed E-state index contributed by atoms with van der Waals surface area (Å²) in [6, 6.07) is 8.33. The molecule has 110 valence electrons. The van der Waals surface area contributed by atoms with Gasteiger partial charge in [0.25, 0.3) is 0 Å². The van der Waals surface area contributed by atoms with E-state index in [0.29, 0.717) is 12.1 Å². The second-order valence-electron chi connectivity index (χ2n) is 5.20. The van der Waals surface area contributed by atoms with Crippen LogP contribution in [0.3, 0.4) is 0 Å². The largest absolute Gasteiger partial charge is 0.497 e. The number of amides is 2. The molecule has 1 aromatic rings. The fourth-order valence-electron chi connectivity index (χ4n) is 2.84. The SMILES string of the molecule is COc1ccc(NC(=O)N2C[C@H]3CC[C@@H](C2)N3)cc1.Cl. The van der Waals surface area contributed by atoms with Crippen LogP contribution in [0.5, 0.6) is 5.75 Å². The van der Waals surface area contributed by atoms with E-state index in [4.69, 9.17) is 4.74 Å². The van der Waals surface area contributed by atoms with E-state index in [-0.39, 0.29) is 18.4 Å². The lowest BCUT2D eigenvalue weighted by Gasteiger charge is -2.32. The number of ether oxygens (including phenoxy) is 1. The Labute approximate surface area is 125 Å². The highest BCUT2D eigenvalue weighted by Crippen LogP contribution is 2.21. The summed E-state index contributed by atoms with van der Waals surface area (Å²) in [4.78, 5) is 14.1. The van der Waals surface area contributed by atoms with Crippen molar-refractivity contribution < 1.29 is 9.53 Å². The zero-order valence-corrected chi connectivity index (χ0v) is 12.3. The Morgan fingerprint density at radius 1 is 1.25 bits per heavy atom. The fourth-order valence-corrected chi connectivity index (χ4v) is 2.84. The zero-order valence-electron chi connectivity index (χ0n) is 11.5. The molecule has 0 unspecified atom stereocenters. The van der Waals surface area contributed by atoms with Gasteiger partial charge in [-0.3, -0.25) is 0 Å². The first-order valence-electron chi connectivity index (χ1n) is 6.70. The number of piperazine rings is 1. The maximum atomic E-state index is 12.2. The number of benzene rings is 1. The number of carbonyl (C=O) groups is 1. The molecule has 0 aliphatic carbocycles. The van der Waals surface area contributed by atoms with Gasteiger partial charge in [0.1, 0.15) is 5.75 Å². The number of nitrogens with one attached hydrogen (secondary N) is 2. The smallest absolute Gasteiger partial charge is 0.321 e. The van der Waals surface area contributed by atoms with Gasteiger partial charge in [0, 0.05) is 30.9 Å². The second kappa shape index (κ2) is 6.33. The van der Waals surface area contributed by atoms with E-state index in [1.807, 2.05) is 29.2 Å². The van der Waals surface area contributed by atoms with Gasteiger partial charge in [-0.15, -0.1) is 12.4 Å². The van der Waals surface area contributed by atoms with Crippen LogP contribution in [0.15, 0.2) is 24.3 Å². The number of methoxy groups -OCH3 is 1. The molecule has 6 heteroatoms. The number of urea groups is 1. The van der Waals surface area contributed by atoms with Gasteiger partial charge in [-0.1, -0.05) is 0 Å². The fraction of sp³-hybridized carbons (Fsp3) is 0.500. The maximum Gasteiger partial charge on any atom is 0.321 e. The van der Waals surface area contributed by atoms with Gasteiger partial charge >= 0.3 is 6.03 Å². The molecule has 2 amide bonds. The molecule has 2 saturated heterocycles. The monoisotopic (exact) mass is 297 g/mol. The molecule has 0 spiro atoms. The molecule has 3 rings (SSSR count). The molecule has 20 heavy (non-hydrogen) atoms. The summed E-state index contributed by atoms with van der Waals surface area (Å²) in [7, 11) is 1.63. The Hall–Kier alpha value is -1.46. The molecule has 2 bridgehead atoms. The van der Waals surface area contributed by atoms with Crippen LogP contribution in [0, 0.1) is 0 Å². The first-order chi connectivity index (χ1) is 9.24. The molecule has 2 heterocycles. The van der Waals surface area contributed by atoms with Gasteiger partial charge in [-0.05, 0) is 37.1 Å². The lowest BCUT2D eigenvalue weighted by molar-refractivity contribution is 0.188. The predicted molar refractivity (Wildman–Crippen MR) is 80.8 cm³/mol. The third-order valence-corrected chi connectivity index (χ3v) is 3.85. The Balaban J connectivity index is 0.00000147. The molecule has 1 aromatic carbocycles. The maximum absolute atomic E-state index is 12.2. The summed E-state index contributed by atoms with van der Waals surface area (Å²) in [6.07, 6.45) is 2.36. The van der Waals surface area contributed by atoms with Crippen LogP contribution in [-0.2, 0) is 0 Å². The highest BCUT2D eigenvalue weighted by atomic mass is 35.5. The van der Waals surface area contributed by atoms with Crippen molar-refractivity contribution in [3.63, 3.8) is 0 Å². The minimum atomic E-state index is -0.0106. The van der Waals surface area contributed by atoms with E-state index in [0.717, 1.165) is 24.5 Å². The topological polar surface area (TPSA) is 53.6 Å². The van der Waals surface area contributed by atoms with Gasteiger partial charge in [0.05, 0.1) is 7.11 Å². The highest BCUT2D eigenvalue weighted by molar-refractivity contribution is 5.89. The van der Waals surface area contributed by atoms with Crippen molar-refractivity contribution in [2.75, 3.05) is 25.5 Å². The quantitative estimate of drug-likeness (QED) is 0.879. The summed E-state index contributed by atoms with van der Waals surface area (Å²) in [5, 5.41) is 6.45. The van der Waals surface area contributed by atoms with E-state index in [1.165, 1.54) is 12.8 Å². The van der Waals surface area contributed by atoms with Crippen molar-refractivity contribution in [2.45, 2.75) is 24.9 Å². The van der Waals surface area contributed by atoms with Gasteiger partial charge in [-0.2, -0.15) is 0 Å².